The van der Waals surface area contributed by atoms with Crippen molar-refractivity contribution in [3.63, 3.8) is 0 Å². The number of halogens is 2. The highest BCUT2D eigenvalue weighted by atomic mass is 35.5. The summed E-state index contributed by atoms with van der Waals surface area (Å²) in [6.07, 6.45) is 5.10. The van der Waals surface area contributed by atoms with E-state index in [0.717, 1.165) is 21.9 Å². The summed E-state index contributed by atoms with van der Waals surface area (Å²) in [4.78, 5) is 7.34. The first-order chi connectivity index (χ1) is 10.3. The van der Waals surface area contributed by atoms with Gasteiger partial charge in [0.2, 0.25) is 0 Å². The molecule has 2 aliphatic rings. The minimum absolute atomic E-state index is 0.439. The number of piperidine rings is 1. The molecule has 4 rings (SSSR count). The maximum absolute atomic E-state index is 6.47. The van der Waals surface area contributed by atoms with Crippen LogP contribution in [0, 0.1) is 0 Å². The van der Waals surface area contributed by atoms with E-state index in [1.807, 2.05) is 18.2 Å². The Kier molecular flexibility index (Phi) is 3.60. The first kappa shape index (κ1) is 13.9. The number of imidazole rings is 1. The third kappa shape index (κ3) is 2.18. The average Bonchev–Trinajstić information content (AvgIpc) is 3.08. The van der Waals surface area contributed by atoms with Gasteiger partial charge in [0.15, 0.2) is 0 Å². The molecule has 5 heteroatoms. The van der Waals surface area contributed by atoms with Gasteiger partial charge in [0, 0.05) is 12.6 Å². The molecule has 0 saturated carbocycles. The van der Waals surface area contributed by atoms with Crippen LogP contribution in [0.15, 0.2) is 18.2 Å². The van der Waals surface area contributed by atoms with Gasteiger partial charge in [-0.05, 0) is 37.9 Å². The first-order valence-electron chi connectivity index (χ1n) is 7.75. The Hall–Kier alpha value is -0.770. The fourth-order valence-electron chi connectivity index (χ4n) is 4.13. The molecular formula is C16H19Cl2N3. The second-order valence-electron chi connectivity index (χ2n) is 6.09. The highest BCUT2D eigenvalue weighted by Crippen LogP contribution is 2.39. The third-order valence-corrected chi connectivity index (χ3v) is 5.55. The van der Waals surface area contributed by atoms with E-state index in [1.165, 1.54) is 38.8 Å². The SMILES string of the molecule is ClCc1nc2cccc(Cl)c2n1C1CCN2CCCCC12. The van der Waals surface area contributed by atoms with Crippen LogP contribution >= 0.6 is 23.2 Å². The highest BCUT2D eigenvalue weighted by Gasteiger charge is 2.38. The van der Waals surface area contributed by atoms with Crippen molar-refractivity contribution in [2.45, 2.75) is 43.6 Å². The Bertz CT molecular complexity index is 667. The molecule has 0 amide bonds. The molecule has 2 atom stereocenters. The smallest absolute Gasteiger partial charge is 0.125 e. The van der Waals surface area contributed by atoms with Crippen LogP contribution in [0.4, 0.5) is 0 Å². The molecule has 0 radical (unpaired) electrons. The number of hydrogen-bond acceptors (Lipinski definition) is 2. The van der Waals surface area contributed by atoms with E-state index < -0.39 is 0 Å². The Morgan fingerprint density at radius 2 is 2.05 bits per heavy atom. The van der Waals surface area contributed by atoms with E-state index >= 15 is 0 Å². The lowest BCUT2D eigenvalue weighted by Crippen LogP contribution is -2.38. The van der Waals surface area contributed by atoms with Crippen LogP contribution in [-0.2, 0) is 5.88 Å². The molecule has 2 unspecified atom stereocenters. The van der Waals surface area contributed by atoms with Gasteiger partial charge in [-0.3, -0.25) is 4.90 Å². The van der Waals surface area contributed by atoms with Crippen LogP contribution in [0.1, 0.15) is 37.5 Å². The summed E-state index contributed by atoms with van der Waals surface area (Å²) in [6, 6.07) is 7.02. The number of aromatic nitrogens is 2. The fraction of sp³-hybridized carbons (Fsp3) is 0.562. The van der Waals surface area contributed by atoms with E-state index in [2.05, 4.69) is 9.47 Å². The Balaban J connectivity index is 1.85. The van der Waals surface area contributed by atoms with Gasteiger partial charge in [0.1, 0.15) is 5.82 Å². The van der Waals surface area contributed by atoms with E-state index in [4.69, 9.17) is 28.2 Å². The minimum atomic E-state index is 0.439. The average molecular weight is 324 g/mol. The molecule has 2 aliphatic heterocycles. The lowest BCUT2D eigenvalue weighted by atomic mass is 9.98. The van der Waals surface area contributed by atoms with Crippen molar-refractivity contribution in [3.05, 3.63) is 29.0 Å². The first-order valence-corrected chi connectivity index (χ1v) is 8.66. The van der Waals surface area contributed by atoms with Gasteiger partial charge in [0.25, 0.3) is 0 Å². The van der Waals surface area contributed by atoms with E-state index in [1.54, 1.807) is 0 Å². The molecule has 0 N–H and O–H groups in total. The molecule has 2 aromatic rings. The van der Waals surface area contributed by atoms with Gasteiger partial charge in [-0.25, -0.2) is 4.98 Å². The molecule has 21 heavy (non-hydrogen) atoms. The van der Waals surface area contributed by atoms with Crippen LogP contribution < -0.4 is 0 Å². The molecular weight excluding hydrogens is 305 g/mol. The minimum Gasteiger partial charge on any atom is -0.321 e. The van der Waals surface area contributed by atoms with Gasteiger partial charge in [-0.1, -0.05) is 24.1 Å². The topological polar surface area (TPSA) is 21.1 Å². The van der Waals surface area contributed by atoms with Crippen molar-refractivity contribution in [1.29, 1.82) is 0 Å². The van der Waals surface area contributed by atoms with Crippen LogP contribution in [0.25, 0.3) is 11.0 Å². The molecule has 1 aromatic carbocycles. The molecule has 2 fully saturated rings. The second kappa shape index (κ2) is 5.45. The van der Waals surface area contributed by atoms with Crippen molar-refractivity contribution < 1.29 is 0 Å². The van der Waals surface area contributed by atoms with Crippen molar-refractivity contribution in [2.24, 2.45) is 0 Å². The number of fused-ring (bicyclic) bond motifs is 2. The quantitative estimate of drug-likeness (QED) is 0.771. The van der Waals surface area contributed by atoms with E-state index in [9.17, 15) is 0 Å². The summed E-state index contributed by atoms with van der Waals surface area (Å²) in [6.45, 7) is 2.42. The van der Waals surface area contributed by atoms with E-state index in [-0.39, 0.29) is 0 Å². The lowest BCUT2D eigenvalue weighted by Gasteiger charge is -2.33. The number of nitrogens with zero attached hydrogens (tertiary/aromatic N) is 3. The predicted molar refractivity (Wildman–Crippen MR) is 87.2 cm³/mol. The Morgan fingerprint density at radius 3 is 2.90 bits per heavy atom. The van der Waals surface area contributed by atoms with Gasteiger partial charge >= 0.3 is 0 Å². The summed E-state index contributed by atoms with van der Waals surface area (Å²) in [7, 11) is 0. The monoisotopic (exact) mass is 323 g/mol. The normalized spacial score (nSPS) is 26.4. The van der Waals surface area contributed by atoms with Crippen LogP contribution in [-0.4, -0.2) is 33.6 Å². The number of alkyl halides is 1. The van der Waals surface area contributed by atoms with Gasteiger partial charge in [-0.2, -0.15) is 0 Å². The molecule has 2 saturated heterocycles. The molecule has 0 spiro atoms. The molecule has 1 aromatic heterocycles. The molecule has 3 heterocycles. The zero-order chi connectivity index (χ0) is 14.4. The summed E-state index contributed by atoms with van der Waals surface area (Å²) in [5, 5.41) is 0.783. The van der Waals surface area contributed by atoms with Crippen molar-refractivity contribution in [3.8, 4) is 0 Å². The fourth-order valence-corrected chi connectivity index (χ4v) is 4.58. The molecule has 0 bridgehead atoms. The lowest BCUT2D eigenvalue weighted by molar-refractivity contribution is 0.174. The van der Waals surface area contributed by atoms with Crippen molar-refractivity contribution in [2.75, 3.05) is 13.1 Å². The number of hydrogen-bond donors (Lipinski definition) is 0. The highest BCUT2D eigenvalue weighted by molar-refractivity contribution is 6.35. The van der Waals surface area contributed by atoms with E-state index in [0.29, 0.717) is 18.0 Å². The van der Waals surface area contributed by atoms with Crippen molar-refractivity contribution in [1.82, 2.24) is 14.5 Å². The number of rotatable bonds is 2. The molecule has 112 valence electrons. The Morgan fingerprint density at radius 1 is 1.14 bits per heavy atom. The summed E-state index contributed by atoms with van der Waals surface area (Å²) in [5.41, 5.74) is 2.03. The Labute approximate surface area is 134 Å². The summed E-state index contributed by atoms with van der Waals surface area (Å²) < 4.78 is 2.33. The third-order valence-electron chi connectivity index (χ3n) is 5.01. The van der Waals surface area contributed by atoms with Gasteiger partial charge < -0.3 is 4.57 Å². The predicted octanol–water partition coefficient (Wildman–Crippen LogP) is 4.23. The zero-order valence-corrected chi connectivity index (χ0v) is 13.4. The van der Waals surface area contributed by atoms with Crippen LogP contribution in [0.5, 0.6) is 0 Å². The maximum Gasteiger partial charge on any atom is 0.125 e. The second-order valence-corrected chi connectivity index (χ2v) is 6.77. The molecule has 3 nitrogen and oxygen atoms in total. The zero-order valence-electron chi connectivity index (χ0n) is 11.9. The molecule has 0 aliphatic carbocycles. The number of benzene rings is 1. The largest absolute Gasteiger partial charge is 0.321 e. The van der Waals surface area contributed by atoms with Crippen LogP contribution in [0.2, 0.25) is 5.02 Å². The standard InChI is InChI=1S/C16H19Cl2N3/c17-10-15-19-12-5-3-4-11(18)16(12)21(15)14-7-9-20-8-2-1-6-13(14)20/h3-5,13-14H,1-2,6-10H2. The van der Waals surface area contributed by atoms with Crippen LogP contribution in [0.3, 0.4) is 0 Å². The van der Waals surface area contributed by atoms with Gasteiger partial charge in [0.05, 0.1) is 28.0 Å². The maximum atomic E-state index is 6.47. The number of para-hydroxylation sites is 1. The van der Waals surface area contributed by atoms with Gasteiger partial charge in [-0.15, -0.1) is 11.6 Å². The summed E-state index contributed by atoms with van der Waals surface area (Å²) in [5.74, 6) is 1.39. The van der Waals surface area contributed by atoms with Crippen molar-refractivity contribution >= 4 is 34.2 Å². The summed E-state index contributed by atoms with van der Waals surface area (Å²) >= 11 is 12.6.